The summed E-state index contributed by atoms with van der Waals surface area (Å²) in [6.07, 6.45) is 3.27. The zero-order valence-electron chi connectivity index (χ0n) is 14.8. The van der Waals surface area contributed by atoms with Crippen LogP contribution in [0.15, 0.2) is 46.7 Å². The SMILES string of the molecule is CS(=O)(=O)c1csc(C(=O)NCC2CCN(CCc3ccccc3)C2)c1. The third-order valence-electron chi connectivity index (χ3n) is 4.71. The highest BCUT2D eigenvalue weighted by atomic mass is 32.2. The van der Waals surface area contributed by atoms with Gasteiger partial charge in [0.25, 0.3) is 5.91 Å². The number of sulfone groups is 1. The van der Waals surface area contributed by atoms with Crippen LogP contribution < -0.4 is 5.32 Å². The van der Waals surface area contributed by atoms with Crippen LogP contribution >= 0.6 is 11.3 Å². The Bertz CT molecular complexity index is 847. The lowest BCUT2D eigenvalue weighted by atomic mass is 10.1. The summed E-state index contributed by atoms with van der Waals surface area (Å²) >= 11 is 1.17. The first-order valence-corrected chi connectivity index (χ1v) is 11.5. The van der Waals surface area contributed by atoms with Crippen molar-refractivity contribution in [3.05, 3.63) is 52.2 Å². The maximum Gasteiger partial charge on any atom is 0.261 e. The minimum Gasteiger partial charge on any atom is -0.351 e. The number of carbonyl (C=O) groups excluding carboxylic acids is 1. The van der Waals surface area contributed by atoms with E-state index in [9.17, 15) is 13.2 Å². The van der Waals surface area contributed by atoms with Gasteiger partial charge in [0, 0.05) is 31.3 Å². The molecule has 0 spiro atoms. The molecule has 2 heterocycles. The van der Waals surface area contributed by atoms with Crippen molar-refractivity contribution < 1.29 is 13.2 Å². The molecule has 1 N–H and O–H groups in total. The van der Waals surface area contributed by atoms with Crippen molar-refractivity contribution in [2.45, 2.75) is 17.7 Å². The van der Waals surface area contributed by atoms with Gasteiger partial charge in [-0.15, -0.1) is 11.3 Å². The smallest absolute Gasteiger partial charge is 0.261 e. The van der Waals surface area contributed by atoms with E-state index in [1.165, 1.54) is 28.3 Å². The number of hydrogen-bond acceptors (Lipinski definition) is 5. The lowest BCUT2D eigenvalue weighted by molar-refractivity contribution is 0.0951. The van der Waals surface area contributed by atoms with E-state index >= 15 is 0 Å². The topological polar surface area (TPSA) is 66.5 Å². The molecule has 1 aromatic carbocycles. The Balaban J connectivity index is 1.43. The van der Waals surface area contributed by atoms with Gasteiger partial charge >= 0.3 is 0 Å². The molecule has 3 rings (SSSR count). The molecule has 0 aliphatic carbocycles. The Kier molecular flexibility index (Phi) is 6.11. The van der Waals surface area contributed by atoms with Crippen LogP contribution in [-0.2, 0) is 16.3 Å². The molecule has 26 heavy (non-hydrogen) atoms. The van der Waals surface area contributed by atoms with Gasteiger partial charge in [-0.3, -0.25) is 4.79 Å². The number of hydrogen-bond donors (Lipinski definition) is 1. The zero-order chi connectivity index (χ0) is 18.6. The Morgan fingerprint density at radius 3 is 2.77 bits per heavy atom. The summed E-state index contributed by atoms with van der Waals surface area (Å²) < 4.78 is 23.0. The Morgan fingerprint density at radius 2 is 2.08 bits per heavy atom. The average Bonchev–Trinajstić information content (AvgIpc) is 3.28. The fourth-order valence-electron chi connectivity index (χ4n) is 3.17. The van der Waals surface area contributed by atoms with Crippen LogP contribution in [0.5, 0.6) is 0 Å². The van der Waals surface area contributed by atoms with Crippen LogP contribution in [0, 0.1) is 5.92 Å². The van der Waals surface area contributed by atoms with Crippen LogP contribution in [0.4, 0.5) is 0 Å². The third-order valence-corrected chi connectivity index (χ3v) is 6.88. The summed E-state index contributed by atoms with van der Waals surface area (Å²) in [4.78, 5) is 15.3. The zero-order valence-corrected chi connectivity index (χ0v) is 16.5. The van der Waals surface area contributed by atoms with E-state index in [2.05, 4.69) is 34.5 Å². The lowest BCUT2D eigenvalue weighted by Crippen LogP contribution is -2.31. The fraction of sp³-hybridized carbons (Fsp3) is 0.421. The van der Waals surface area contributed by atoms with Gasteiger partial charge in [0.15, 0.2) is 9.84 Å². The van der Waals surface area contributed by atoms with Crippen LogP contribution in [0.3, 0.4) is 0 Å². The molecule has 1 atom stereocenters. The summed E-state index contributed by atoms with van der Waals surface area (Å²) in [5, 5.41) is 4.47. The van der Waals surface area contributed by atoms with Crippen molar-refractivity contribution in [3.63, 3.8) is 0 Å². The number of likely N-dealkylation sites (tertiary alicyclic amines) is 1. The van der Waals surface area contributed by atoms with Crippen molar-refractivity contribution in [1.82, 2.24) is 10.2 Å². The quantitative estimate of drug-likeness (QED) is 0.786. The highest BCUT2D eigenvalue weighted by molar-refractivity contribution is 7.90. The summed E-state index contributed by atoms with van der Waals surface area (Å²) in [7, 11) is -3.26. The standard InChI is InChI=1S/C19H24N2O3S2/c1-26(23,24)17-11-18(25-14-17)19(22)20-12-16-8-10-21(13-16)9-7-15-5-3-2-4-6-15/h2-6,11,14,16H,7-10,12-13H2,1H3,(H,20,22). The third kappa shape index (κ3) is 5.16. The molecular formula is C19H24N2O3S2. The maximum atomic E-state index is 12.2. The summed E-state index contributed by atoms with van der Waals surface area (Å²) in [6, 6.07) is 11.9. The van der Waals surface area contributed by atoms with Gasteiger partial charge in [-0.2, -0.15) is 0 Å². The molecule has 1 fully saturated rings. The summed E-state index contributed by atoms with van der Waals surface area (Å²) in [6.45, 7) is 3.72. The Labute approximate surface area is 159 Å². The molecule has 5 nitrogen and oxygen atoms in total. The van der Waals surface area contributed by atoms with E-state index < -0.39 is 9.84 Å². The number of carbonyl (C=O) groups is 1. The average molecular weight is 393 g/mol. The largest absolute Gasteiger partial charge is 0.351 e. The second kappa shape index (κ2) is 8.33. The molecular weight excluding hydrogens is 368 g/mol. The first-order valence-electron chi connectivity index (χ1n) is 8.75. The summed E-state index contributed by atoms with van der Waals surface area (Å²) in [5.74, 6) is 0.261. The van der Waals surface area contributed by atoms with Crippen molar-refractivity contribution in [2.75, 3.05) is 32.4 Å². The number of amides is 1. The second-order valence-electron chi connectivity index (χ2n) is 6.82. The predicted octanol–water partition coefficient (Wildman–Crippen LogP) is 2.45. The molecule has 0 radical (unpaired) electrons. The monoisotopic (exact) mass is 392 g/mol. The molecule has 140 valence electrons. The van der Waals surface area contributed by atoms with Crippen molar-refractivity contribution in [2.24, 2.45) is 5.92 Å². The molecule has 1 saturated heterocycles. The van der Waals surface area contributed by atoms with E-state index in [-0.39, 0.29) is 10.8 Å². The van der Waals surface area contributed by atoms with E-state index in [1.807, 2.05) is 6.07 Å². The molecule has 1 unspecified atom stereocenters. The normalized spacial score (nSPS) is 18.1. The van der Waals surface area contributed by atoms with Crippen LogP contribution in [-0.4, -0.2) is 51.7 Å². The molecule has 0 saturated carbocycles. The van der Waals surface area contributed by atoms with Crippen LogP contribution in [0.25, 0.3) is 0 Å². The number of nitrogens with one attached hydrogen (secondary N) is 1. The minimum atomic E-state index is -3.26. The van der Waals surface area contributed by atoms with Gasteiger partial charge in [-0.25, -0.2) is 8.42 Å². The van der Waals surface area contributed by atoms with E-state index in [1.54, 1.807) is 0 Å². The minimum absolute atomic E-state index is 0.187. The highest BCUT2D eigenvalue weighted by Crippen LogP contribution is 2.20. The predicted molar refractivity (Wildman–Crippen MR) is 104 cm³/mol. The first-order chi connectivity index (χ1) is 12.4. The van der Waals surface area contributed by atoms with Gasteiger partial charge in [-0.05, 0) is 36.9 Å². The Hall–Kier alpha value is -1.70. The number of benzene rings is 1. The molecule has 0 bridgehead atoms. The lowest BCUT2D eigenvalue weighted by Gasteiger charge is -2.16. The molecule has 1 amide bonds. The number of rotatable bonds is 7. The summed E-state index contributed by atoms with van der Waals surface area (Å²) in [5.41, 5.74) is 1.35. The first kappa shape index (κ1) is 19.1. The molecule has 1 aromatic heterocycles. The molecule has 1 aliphatic rings. The second-order valence-corrected chi connectivity index (χ2v) is 9.75. The van der Waals surface area contributed by atoms with Crippen molar-refractivity contribution in [1.29, 1.82) is 0 Å². The van der Waals surface area contributed by atoms with E-state index in [0.29, 0.717) is 17.3 Å². The van der Waals surface area contributed by atoms with Crippen LogP contribution in [0.1, 0.15) is 21.7 Å². The van der Waals surface area contributed by atoms with Gasteiger partial charge in [0.2, 0.25) is 0 Å². The van der Waals surface area contributed by atoms with Crippen molar-refractivity contribution in [3.8, 4) is 0 Å². The fourth-order valence-corrected chi connectivity index (χ4v) is 5.11. The number of thiophene rings is 1. The highest BCUT2D eigenvalue weighted by Gasteiger charge is 2.23. The maximum absolute atomic E-state index is 12.2. The molecule has 1 aliphatic heterocycles. The van der Waals surface area contributed by atoms with Crippen LogP contribution in [0.2, 0.25) is 0 Å². The van der Waals surface area contributed by atoms with Gasteiger partial charge < -0.3 is 10.2 Å². The van der Waals surface area contributed by atoms with Gasteiger partial charge in [0.1, 0.15) is 0 Å². The molecule has 7 heteroatoms. The number of nitrogens with zero attached hydrogens (tertiary/aromatic N) is 1. The van der Waals surface area contributed by atoms with Gasteiger partial charge in [-0.1, -0.05) is 30.3 Å². The van der Waals surface area contributed by atoms with Gasteiger partial charge in [0.05, 0.1) is 9.77 Å². The van der Waals surface area contributed by atoms with E-state index in [0.717, 1.165) is 38.7 Å². The van der Waals surface area contributed by atoms with E-state index in [4.69, 9.17) is 0 Å². The molecule has 2 aromatic rings. The van der Waals surface area contributed by atoms with Crippen molar-refractivity contribution >= 4 is 27.1 Å². The Morgan fingerprint density at radius 1 is 1.31 bits per heavy atom.